The molecule has 0 amide bonds. The lowest BCUT2D eigenvalue weighted by Gasteiger charge is -2.35. The molecule has 3 nitrogen and oxygen atoms in total. The standard InChI is InChI=1S/C10H22N2O/c1-9(8-13-2)12-5-3-10(7-11)4-6-12/h9-10H,3-8,11H2,1-2H3. The van der Waals surface area contributed by atoms with E-state index in [2.05, 4.69) is 11.8 Å². The van der Waals surface area contributed by atoms with Gasteiger partial charge in [0.15, 0.2) is 0 Å². The van der Waals surface area contributed by atoms with Crippen molar-refractivity contribution in [2.75, 3.05) is 33.4 Å². The Balaban J connectivity index is 2.23. The number of likely N-dealkylation sites (tertiary alicyclic amines) is 1. The Kier molecular flexibility index (Phi) is 4.70. The van der Waals surface area contributed by atoms with Crippen LogP contribution in [0.3, 0.4) is 0 Å². The van der Waals surface area contributed by atoms with Crippen LogP contribution in [0.5, 0.6) is 0 Å². The summed E-state index contributed by atoms with van der Waals surface area (Å²) in [7, 11) is 1.77. The zero-order valence-electron chi connectivity index (χ0n) is 8.83. The Morgan fingerprint density at radius 3 is 2.54 bits per heavy atom. The molecule has 1 aliphatic heterocycles. The van der Waals surface area contributed by atoms with Crippen molar-refractivity contribution < 1.29 is 4.74 Å². The van der Waals surface area contributed by atoms with E-state index in [0.29, 0.717) is 6.04 Å². The quantitative estimate of drug-likeness (QED) is 0.702. The molecule has 0 saturated carbocycles. The minimum absolute atomic E-state index is 0.559. The number of piperidine rings is 1. The van der Waals surface area contributed by atoms with E-state index >= 15 is 0 Å². The molecule has 78 valence electrons. The third kappa shape index (κ3) is 3.25. The number of hydrogen-bond acceptors (Lipinski definition) is 3. The second-order valence-electron chi connectivity index (χ2n) is 4.02. The van der Waals surface area contributed by atoms with Gasteiger partial charge in [0.1, 0.15) is 0 Å². The molecule has 1 unspecified atom stereocenters. The molecule has 1 rings (SSSR count). The van der Waals surface area contributed by atoms with Crippen molar-refractivity contribution in [1.82, 2.24) is 4.90 Å². The average molecular weight is 186 g/mol. The first-order valence-electron chi connectivity index (χ1n) is 5.21. The molecule has 1 atom stereocenters. The van der Waals surface area contributed by atoms with Gasteiger partial charge in [-0.2, -0.15) is 0 Å². The monoisotopic (exact) mass is 186 g/mol. The normalized spacial score (nSPS) is 23.3. The van der Waals surface area contributed by atoms with E-state index in [1.807, 2.05) is 0 Å². The molecule has 0 spiro atoms. The fraction of sp³-hybridized carbons (Fsp3) is 1.00. The number of hydrogen-bond donors (Lipinski definition) is 1. The molecule has 0 radical (unpaired) electrons. The molecular weight excluding hydrogens is 164 g/mol. The molecule has 1 saturated heterocycles. The van der Waals surface area contributed by atoms with Crippen molar-refractivity contribution in [3.63, 3.8) is 0 Å². The maximum Gasteiger partial charge on any atom is 0.0615 e. The highest BCUT2D eigenvalue weighted by molar-refractivity contribution is 4.76. The summed E-state index contributed by atoms with van der Waals surface area (Å²) in [4.78, 5) is 2.50. The van der Waals surface area contributed by atoms with E-state index < -0.39 is 0 Å². The lowest BCUT2D eigenvalue weighted by atomic mass is 9.96. The molecule has 0 bridgehead atoms. The molecule has 1 aliphatic rings. The van der Waals surface area contributed by atoms with E-state index in [-0.39, 0.29) is 0 Å². The van der Waals surface area contributed by atoms with Gasteiger partial charge >= 0.3 is 0 Å². The van der Waals surface area contributed by atoms with Gasteiger partial charge < -0.3 is 10.5 Å². The molecule has 2 N–H and O–H groups in total. The minimum Gasteiger partial charge on any atom is -0.383 e. The van der Waals surface area contributed by atoms with Crippen molar-refractivity contribution in [2.45, 2.75) is 25.8 Å². The Labute approximate surface area is 81.2 Å². The van der Waals surface area contributed by atoms with Crippen LogP contribution >= 0.6 is 0 Å². The van der Waals surface area contributed by atoms with Gasteiger partial charge in [-0.05, 0) is 45.3 Å². The number of nitrogens with zero attached hydrogens (tertiary/aromatic N) is 1. The van der Waals surface area contributed by atoms with Crippen LogP contribution in [-0.2, 0) is 4.74 Å². The Bertz CT molecular complexity index is 133. The van der Waals surface area contributed by atoms with Crippen LogP contribution in [0.25, 0.3) is 0 Å². The minimum atomic E-state index is 0.559. The van der Waals surface area contributed by atoms with E-state index in [1.54, 1.807) is 7.11 Å². The maximum atomic E-state index is 5.64. The van der Waals surface area contributed by atoms with Crippen LogP contribution in [0.15, 0.2) is 0 Å². The molecule has 13 heavy (non-hydrogen) atoms. The van der Waals surface area contributed by atoms with E-state index in [1.165, 1.54) is 25.9 Å². The van der Waals surface area contributed by atoms with Gasteiger partial charge in [0.2, 0.25) is 0 Å². The maximum absolute atomic E-state index is 5.64. The molecule has 0 aromatic heterocycles. The van der Waals surface area contributed by atoms with Crippen molar-refractivity contribution in [3.05, 3.63) is 0 Å². The van der Waals surface area contributed by atoms with Crippen LogP contribution < -0.4 is 5.73 Å². The second kappa shape index (κ2) is 5.58. The van der Waals surface area contributed by atoms with Gasteiger partial charge in [-0.1, -0.05) is 0 Å². The molecule has 0 aliphatic carbocycles. The predicted molar refractivity (Wildman–Crippen MR) is 54.7 cm³/mol. The van der Waals surface area contributed by atoms with Crippen LogP contribution in [0, 0.1) is 5.92 Å². The van der Waals surface area contributed by atoms with Gasteiger partial charge in [0.25, 0.3) is 0 Å². The fourth-order valence-electron chi connectivity index (χ4n) is 1.98. The first kappa shape index (κ1) is 11.0. The summed E-state index contributed by atoms with van der Waals surface area (Å²) in [6.07, 6.45) is 2.51. The third-order valence-corrected chi connectivity index (χ3v) is 3.01. The first-order chi connectivity index (χ1) is 6.27. The molecule has 1 heterocycles. The summed E-state index contributed by atoms with van der Waals surface area (Å²) in [6.45, 7) is 6.30. The van der Waals surface area contributed by atoms with Gasteiger partial charge in [-0.3, -0.25) is 4.90 Å². The van der Waals surface area contributed by atoms with Crippen LogP contribution in [0.1, 0.15) is 19.8 Å². The average Bonchev–Trinajstić information content (AvgIpc) is 2.18. The van der Waals surface area contributed by atoms with Crippen LogP contribution in [-0.4, -0.2) is 44.3 Å². The number of rotatable bonds is 4. The van der Waals surface area contributed by atoms with Gasteiger partial charge in [-0.25, -0.2) is 0 Å². The summed E-state index contributed by atoms with van der Waals surface area (Å²) in [6, 6.07) is 0.559. The van der Waals surface area contributed by atoms with Crippen molar-refractivity contribution in [2.24, 2.45) is 11.7 Å². The summed E-state index contributed by atoms with van der Waals surface area (Å²) in [5, 5.41) is 0. The van der Waals surface area contributed by atoms with Crippen molar-refractivity contribution in [3.8, 4) is 0 Å². The molecule has 3 heteroatoms. The van der Waals surface area contributed by atoms with Gasteiger partial charge in [0.05, 0.1) is 6.61 Å². The predicted octanol–water partition coefficient (Wildman–Crippen LogP) is 0.692. The zero-order valence-corrected chi connectivity index (χ0v) is 8.83. The highest BCUT2D eigenvalue weighted by Crippen LogP contribution is 2.17. The Morgan fingerprint density at radius 1 is 1.46 bits per heavy atom. The van der Waals surface area contributed by atoms with E-state index in [9.17, 15) is 0 Å². The largest absolute Gasteiger partial charge is 0.383 e. The highest BCUT2D eigenvalue weighted by Gasteiger charge is 2.21. The lowest BCUT2D eigenvalue weighted by molar-refractivity contribution is 0.0747. The first-order valence-corrected chi connectivity index (χ1v) is 5.21. The molecule has 0 aromatic carbocycles. The highest BCUT2D eigenvalue weighted by atomic mass is 16.5. The van der Waals surface area contributed by atoms with Crippen molar-refractivity contribution in [1.29, 1.82) is 0 Å². The Hall–Kier alpha value is -0.120. The van der Waals surface area contributed by atoms with Crippen molar-refractivity contribution >= 4 is 0 Å². The summed E-state index contributed by atoms with van der Waals surface area (Å²) < 4.78 is 5.14. The van der Waals surface area contributed by atoms with Gasteiger partial charge in [0, 0.05) is 13.2 Å². The number of ether oxygens (including phenoxy) is 1. The Morgan fingerprint density at radius 2 is 2.08 bits per heavy atom. The fourth-order valence-corrected chi connectivity index (χ4v) is 1.98. The smallest absolute Gasteiger partial charge is 0.0615 e. The van der Waals surface area contributed by atoms with E-state index in [4.69, 9.17) is 10.5 Å². The van der Waals surface area contributed by atoms with Crippen LogP contribution in [0.2, 0.25) is 0 Å². The van der Waals surface area contributed by atoms with E-state index in [0.717, 1.165) is 19.1 Å². The molecule has 1 fully saturated rings. The number of methoxy groups -OCH3 is 1. The molecule has 0 aromatic rings. The second-order valence-corrected chi connectivity index (χ2v) is 4.02. The summed E-state index contributed by atoms with van der Waals surface area (Å²) >= 11 is 0. The summed E-state index contributed by atoms with van der Waals surface area (Å²) in [5.41, 5.74) is 5.64. The third-order valence-electron chi connectivity index (χ3n) is 3.01. The van der Waals surface area contributed by atoms with Gasteiger partial charge in [-0.15, -0.1) is 0 Å². The zero-order chi connectivity index (χ0) is 9.68. The summed E-state index contributed by atoms with van der Waals surface area (Å²) in [5.74, 6) is 0.756. The number of nitrogens with two attached hydrogens (primary N) is 1. The molecular formula is C10H22N2O. The van der Waals surface area contributed by atoms with Crippen LogP contribution in [0.4, 0.5) is 0 Å². The topological polar surface area (TPSA) is 38.5 Å². The lowest BCUT2D eigenvalue weighted by Crippen LogP contribution is -2.43. The SMILES string of the molecule is COCC(C)N1CCC(CN)CC1.